The molecule has 130 valence electrons. The molecule has 2 rings (SSSR count). The first kappa shape index (κ1) is 18.3. The predicted molar refractivity (Wildman–Crippen MR) is 80.8 cm³/mol. The van der Waals surface area contributed by atoms with Crippen LogP contribution >= 0.6 is 0 Å². The summed E-state index contributed by atoms with van der Waals surface area (Å²) >= 11 is 0. The van der Waals surface area contributed by atoms with Crippen LogP contribution in [-0.2, 0) is 17.6 Å². The summed E-state index contributed by atoms with van der Waals surface area (Å²) in [5.74, 6) is -1.03. The topological polar surface area (TPSA) is 64.3 Å². The fourth-order valence-corrected chi connectivity index (χ4v) is 2.99. The summed E-state index contributed by atoms with van der Waals surface area (Å²) in [7, 11) is 0. The Hall–Kier alpha value is -2.07. The number of alkyl halides is 3. The lowest BCUT2D eigenvalue weighted by molar-refractivity contribution is -0.222. The van der Waals surface area contributed by atoms with Crippen LogP contribution in [0.15, 0.2) is 24.3 Å². The third-order valence-electron chi connectivity index (χ3n) is 4.40. The summed E-state index contributed by atoms with van der Waals surface area (Å²) < 4.78 is 37.6. The molecule has 1 saturated heterocycles. The van der Waals surface area contributed by atoms with Gasteiger partial charge in [-0.1, -0.05) is 24.3 Å². The van der Waals surface area contributed by atoms with Crippen molar-refractivity contribution < 1.29 is 23.1 Å². The van der Waals surface area contributed by atoms with Crippen LogP contribution in [-0.4, -0.2) is 41.3 Å². The van der Waals surface area contributed by atoms with E-state index in [2.05, 4.69) is 6.07 Å². The molecule has 1 amide bonds. The number of hydrogen-bond acceptors (Lipinski definition) is 3. The zero-order valence-corrected chi connectivity index (χ0v) is 13.1. The largest absolute Gasteiger partial charge is 0.414 e. The van der Waals surface area contributed by atoms with Crippen LogP contribution < -0.4 is 0 Å². The monoisotopic (exact) mass is 340 g/mol. The van der Waals surface area contributed by atoms with E-state index in [0.29, 0.717) is 0 Å². The Morgan fingerprint density at radius 3 is 2.42 bits per heavy atom. The van der Waals surface area contributed by atoms with Gasteiger partial charge in [-0.2, -0.15) is 18.4 Å². The van der Waals surface area contributed by atoms with Crippen molar-refractivity contribution in [3.8, 4) is 6.07 Å². The Morgan fingerprint density at radius 1 is 1.29 bits per heavy atom. The van der Waals surface area contributed by atoms with Crippen molar-refractivity contribution in [1.82, 2.24) is 4.90 Å². The number of amides is 1. The number of aliphatic hydroxyl groups is 1. The lowest BCUT2D eigenvalue weighted by atomic mass is 9.90. The maximum Gasteiger partial charge on any atom is 0.414 e. The minimum atomic E-state index is -4.62. The number of nitrogens with zero attached hydrogens (tertiary/aromatic N) is 2. The summed E-state index contributed by atoms with van der Waals surface area (Å²) in [5, 5.41) is 18.1. The van der Waals surface area contributed by atoms with Gasteiger partial charge in [0.25, 0.3) is 0 Å². The van der Waals surface area contributed by atoms with E-state index < -0.39 is 18.2 Å². The second-order valence-corrected chi connectivity index (χ2v) is 5.99. The summed E-state index contributed by atoms with van der Waals surface area (Å²) in [6.07, 6.45) is -6.34. The zero-order chi connectivity index (χ0) is 17.7. The van der Waals surface area contributed by atoms with Crippen molar-refractivity contribution in [3.05, 3.63) is 35.4 Å². The van der Waals surface area contributed by atoms with Crippen molar-refractivity contribution in [1.29, 1.82) is 5.26 Å². The maximum atomic E-state index is 12.5. The molecule has 1 aliphatic heterocycles. The van der Waals surface area contributed by atoms with Crippen LogP contribution in [0.25, 0.3) is 0 Å². The molecule has 0 radical (unpaired) electrons. The molecule has 1 heterocycles. The second kappa shape index (κ2) is 7.67. The van der Waals surface area contributed by atoms with E-state index in [0.717, 1.165) is 11.1 Å². The number of benzene rings is 1. The van der Waals surface area contributed by atoms with Crippen molar-refractivity contribution >= 4 is 5.91 Å². The molecule has 0 bridgehead atoms. The fourth-order valence-electron chi connectivity index (χ4n) is 2.99. The normalized spacial score (nSPS) is 17.4. The van der Waals surface area contributed by atoms with E-state index >= 15 is 0 Å². The molecule has 1 N–H and O–H groups in total. The van der Waals surface area contributed by atoms with Gasteiger partial charge in [0.05, 0.1) is 18.9 Å². The highest BCUT2D eigenvalue weighted by molar-refractivity contribution is 5.79. The summed E-state index contributed by atoms with van der Waals surface area (Å²) in [6, 6.07) is 9.21. The van der Waals surface area contributed by atoms with Crippen LogP contribution in [0, 0.1) is 17.2 Å². The van der Waals surface area contributed by atoms with Crippen molar-refractivity contribution in [2.45, 2.75) is 38.0 Å². The standard InChI is InChI=1S/C17H19F3N2O2/c18-17(19,20)16(24)13-6-9-22(10-7-13)15(23)11-14-4-2-1-3-12(14)5-8-21/h1-4,13,16,24H,5-7,9-11H2. The molecule has 0 spiro atoms. The number of carbonyl (C=O) groups is 1. The average molecular weight is 340 g/mol. The number of rotatable bonds is 4. The van der Waals surface area contributed by atoms with E-state index in [1.54, 1.807) is 24.3 Å². The molecule has 0 saturated carbocycles. The van der Waals surface area contributed by atoms with Gasteiger partial charge in [-0.05, 0) is 29.9 Å². The number of nitriles is 1. The minimum Gasteiger partial charge on any atom is -0.383 e. The Balaban J connectivity index is 1.93. The molecule has 0 aliphatic carbocycles. The van der Waals surface area contributed by atoms with Gasteiger partial charge in [0.1, 0.15) is 0 Å². The van der Waals surface area contributed by atoms with Gasteiger partial charge in [-0.15, -0.1) is 0 Å². The number of aliphatic hydroxyl groups excluding tert-OH is 1. The van der Waals surface area contributed by atoms with Crippen LogP contribution in [0.2, 0.25) is 0 Å². The van der Waals surface area contributed by atoms with Gasteiger partial charge in [-0.3, -0.25) is 4.79 Å². The van der Waals surface area contributed by atoms with E-state index in [9.17, 15) is 23.1 Å². The third kappa shape index (κ3) is 4.48. The lowest BCUT2D eigenvalue weighted by Crippen LogP contribution is -2.45. The predicted octanol–water partition coefficient (Wildman–Crippen LogP) is 2.46. The molecule has 1 atom stereocenters. The van der Waals surface area contributed by atoms with E-state index in [-0.39, 0.29) is 44.7 Å². The molecule has 1 aliphatic rings. The zero-order valence-electron chi connectivity index (χ0n) is 13.1. The van der Waals surface area contributed by atoms with E-state index in [4.69, 9.17) is 5.26 Å². The molecular formula is C17H19F3N2O2. The van der Waals surface area contributed by atoms with Gasteiger partial charge < -0.3 is 10.0 Å². The van der Waals surface area contributed by atoms with Crippen LogP contribution in [0.3, 0.4) is 0 Å². The lowest BCUT2D eigenvalue weighted by Gasteiger charge is -2.34. The van der Waals surface area contributed by atoms with E-state index in [1.165, 1.54) is 4.90 Å². The van der Waals surface area contributed by atoms with Gasteiger partial charge in [0.2, 0.25) is 5.91 Å². The molecule has 1 fully saturated rings. The van der Waals surface area contributed by atoms with Gasteiger partial charge in [-0.25, -0.2) is 0 Å². The number of likely N-dealkylation sites (tertiary alicyclic amines) is 1. The summed E-state index contributed by atoms with van der Waals surface area (Å²) in [6.45, 7) is 0.411. The Morgan fingerprint density at radius 2 is 1.88 bits per heavy atom. The quantitative estimate of drug-likeness (QED) is 0.916. The number of piperidine rings is 1. The Labute approximate surface area is 138 Å². The van der Waals surface area contributed by atoms with E-state index in [1.807, 2.05) is 0 Å². The summed E-state index contributed by atoms with van der Waals surface area (Å²) in [5.41, 5.74) is 1.55. The van der Waals surface area contributed by atoms with Crippen LogP contribution in [0.1, 0.15) is 24.0 Å². The first-order chi connectivity index (χ1) is 11.3. The SMILES string of the molecule is N#CCc1ccccc1CC(=O)N1CCC(C(O)C(F)(F)F)CC1. The van der Waals surface area contributed by atoms with Crippen LogP contribution in [0.4, 0.5) is 13.2 Å². The smallest absolute Gasteiger partial charge is 0.383 e. The van der Waals surface area contributed by atoms with Gasteiger partial charge >= 0.3 is 6.18 Å². The first-order valence-electron chi connectivity index (χ1n) is 7.79. The minimum absolute atomic E-state index is 0.129. The van der Waals surface area contributed by atoms with Crippen molar-refractivity contribution in [3.63, 3.8) is 0 Å². The molecule has 1 aromatic rings. The molecule has 24 heavy (non-hydrogen) atoms. The number of hydrogen-bond donors (Lipinski definition) is 1. The Kier molecular flexibility index (Phi) is 5.84. The highest BCUT2D eigenvalue weighted by Crippen LogP contribution is 2.31. The fraction of sp³-hybridized carbons (Fsp3) is 0.529. The molecule has 7 heteroatoms. The average Bonchev–Trinajstić information content (AvgIpc) is 2.55. The Bertz CT molecular complexity index is 617. The van der Waals surface area contributed by atoms with Gasteiger partial charge in [0, 0.05) is 13.1 Å². The second-order valence-electron chi connectivity index (χ2n) is 5.99. The molecule has 1 aromatic carbocycles. The highest BCUT2D eigenvalue weighted by Gasteiger charge is 2.44. The number of halogens is 3. The highest BCUT2D eigenvalue weighted by atomic mass is 19.4. The van der Waals surface area contributed by atoms with Gasteiger partial charge in [0.15, 0.2) is 6.10 Å². The molecular weight excluding hydrogens is 321 g/mol. The first-order valence-corrected chi connectivity index (χ1v) is 7.79. The number of carbonyl (C=O) groups excluding carboxylic acids is 1. The van der Waals surface area contributed by atoms with Crippen molar-refractivity contribution in [2.24, 2.45) is 5.92 Å². The summed E-state index contributed by atoms with van der Waals surface area (Å²) in [4.78, 5) is 13.9. The van der Waals surface area contributed by atoms with Crippen molar-refractivity contribution in [2.75, 3.05) is 13.1 Å². The molecule has 1 unspecified atom stereocenters. The molecule has 4 nitrogen and oxygen atoms in total. The third-order valence-corrected chi connectivity index (χ3v) is 4.40. The molecule has 0 aromatic heterocycles. The van der Waals surface area contributed by atoms with Crippen LogP contribution in [0.5, 0.6) is 0 Å². The maximum absolute atomic E-state index is 12.5.